The first-order chi connectivity index (χ1) is 19.3. The Balaban J connectivity index is 1.08. The number of hydrogen-bond acceptors (Lipinski definition) is 7. The first kappa shape index (κ1) is 24.1. The van der Waals surface area contributed by atoms with Crippen LogP contribution in [0.3, 0.4) is 0 Å². The zero-order valence-corrected chi connectivity index (χ0v) is 21.6. The van der Waals surface area contributed by atoms with Crippen LogP contribution in [0.15, 0.2) is 91.5 Å². The lowest BCUT2D eigenvalue weighted by molar-refractivity contribution is 0.263. The van der Waals surface area contributed by atoms with Crippen LogP contribution in [-0.2, 0) is 13.1 Å². The third-order valence-electron chi connectivity index (χ3n) is 7.98. The van der Waals surface area contributed by atoms with Crippen molar-refractivity contribution < 1.29 is 0 Å². The van der Waals surface area contributed by atoms with Gasteiger partial charge in [0.1, 0.15) is 5.82 Å². The predicted molar refractivity (Wildman–Crippen MR) is 152 cm³/mol. The number of nitrogens with zero attached hydrogens (tertiary/aromatic N) is 3. The molecular weight excluding hydrogens is 484 g/mol. The number of hydrazine groups is 1. The second kappa shape index (κ2) is 10.7. The van der Waals surface area contributed by atoms with Gasteiger partial charge in [0, 0.05) is 73.6 Å². The van der Waals surface area contributed by atoms with E-state index in [1.807, 2.05) is 30.7 Å². The Labute approximate surface area is 227 Å². The highest BCUT2D eigenvalue weighted by Gasteiger charge is 2.42. The number of hydrogen-bond donors (Lipinski definition) is 5. The van der Waals surface area contributed by atoms with Gasteiger partial charge >= 0.3 is 0 Å². The number of nitrogens with one attached hydrogen (secondary N) is 5. The number of piperidine rings is 1. The van der Waals surface area contributed by atoms with E-state index < -0.39 is 0 Å². The molecule has 4 atom stereocenters. The molecule has 0 saturated carbocycles. The molecule has 39 heavy (non-hydrogen) atoms. The van der Waals surface area contributed by atoms with Crippen molar-refractivity contribution in [2.24, 2.45) is 5.92 Å². The number of benzene rings is 2. The fraction of sp³-hybridized carbons (Fsp3) is 0.258. The van der Waals surface area contributed by atoms with Crippen LogP contribution < -0.4 is 21.5 Å². The van der Waals surface area contributed by atoms with Crippen LogP contribution in [0.2, 0.25) is 0 Å². The topological polar surface area (TPSA) is 103 Å². The molecule has 0 spiro atoms. The van der Waals surface area contributed by atoms with Gasteiger partial charge in [-0.2, -0.15) is 0 Å². The standard InChI is InChI=1S/C31H32N8/c1-2-6-20(7-3-1)14-33-15-21-12-23(18-34-16-21)27-13-25-28(19-35-27)38-39-30(25)31-36-26-10-4-9-24(29(26)37-31)22-8-5-11-32-17-22/h1-12,16-18,25,27-28,30,33,35,38-39H,13-15,19H2,(H,36,37). The van der Waals surface area contributed by atoms with E-state index in [1.165, 1.54) is 16.7 Å². The second-order valence-corrected chi connectivity index (χ2v) is 10.5. The molecule has 2 aliphatic heterocycles. The van der Waals surface area contributed by atoms with Crippen molar-refractivity contribution in [2.75, 3.05) is 6.54 Å². The predicted octanol–water partition coefficient (Wildman–Crippen LogP) is 4.18. The molecule has 5 N–H and O–H groups in total. The second-order valence-electron chi connectivity index (χ2n) is 10.5. The third kappa shape index (κ3) is 4.95. The van der Waals surface area contributed by atoms with Crippen LogP contribution in [0.4, 0.5) is 0 Å². The normalized spacial score (nSPS) is 22.7. The zero-order valence-electron chi connectivity index (χ0n) is 21.6. The molecule has 0 radical (unpaired) electrons. The Morgan fingerprint density at radius 3 is 2.67 bits per heavy atom. The van der Waals surface area contributed by atoms with Crippen molar-refractivity contribution in [1.29, 1.82) is 0 Å². The largest absolute Gasteiger partial charge is 0.341 e. The van der Waals surface area contributed by atoms with E-state index in [0.29, 0.717) is 12.0 Å². The van der Waals surface area contributed by atoms with E-state index in [1.54, 1.807) is 6.20 Å². The highest BCUT2D eigenvalue weighted by Crippen LogP contribution is 2.38. The summed E-state index contributed by atoms with van der Waals surface area (Å²) in [5.41, 5.74) is 15.0. The van der Waals surface area contributed by atoms with Crippen molar-refractivity contribution in [3.05, 3.63) is 114 Å². The SMILES string of the molecule is c1ccc(CNCc2cncc(C3CC4C(CN3)NNC4c3nc4c(-c5cccnc5)cccc4[nH]3)c2)cc1. The fourth-order valence-electron chi connectivity index (χ4n) is 5.99. The van der Waals surface area contributed by atoms with Gasteiger partial charge in [-0.3, -0.25) is 15.4 Å². The summed E-state index contributed by atoms with van der Waals surface area (Å²) in [5, 5.41) is 7.29. The van der Waals surface area contributed by atoms with Crippen molar-refractivity contribution in [2.45, 2.75) is 37.6 Å². The number of pyridine rings is 2. The highest BCUT2D eigenvalue weighted by molar-refractivity contribution is 5.91. The minimum atomic E-state index is 0.0948. The zero-order chi connectivity index (χ0) is 26.0. The fourth-order valence-corrected chi connectivity index (χ4v) is 5.99. The van der Waals surface area contributed by atoms with E-state index in [-0.39, 0.29) is 12.1 Å². The summed E-state index contributed by atoms with van der Waals surface area (Å²) >= 11 is 0. The maximum absolute atomic E-state index is 5.11. The van der Waals surface area contributed by atoms with Gasteiger partial charge in [0.25, 0.3) is 0 Å². The lowest BCUT2D eigenvalue weighted by Crippen LogP contribution is -2.46. The summed E-state index contributed by atoms with van der Waals surface area (Å²) in [5.74, 6) is 1.36. The lowest BCUT2D eigenvalue weighted by Gasteiger charge is -2.34. The molecule has 2 saturated heterocycles. The van der Waals surface area contributed by atoms with E-state index in [9.17, 15) is 0 Å². The van der Waals surface area contributed by atoms with Crippen molar-refractivity contribution in [3.63, 3.8) is 0 Å². The molecule has 5 heterocycles. The number of fused-ring (bicyclic) bond motifs is 2. The maximum atomic E-state index is 5.11. The van der Waals surface area contributed by atoms with Gasteiger partial charge in [-0.1, -0.05) is 48.5 Å². The molecule has 0 aliphatic carbocycles. The molecular formula is C31H32N8. The van der Waals surface area contributed by atoms with Crippen LogP contribution in [0.1, 0.15) is 41.0 Å². The van der Waals surface area contributed by atoms with E-state index in [4.69, 9.17) is 4.98 Å². The average Bonchev–Trinajstić information content (AvgIpc) is 3.62. The van der Waals surface area contributed by atoms with Crippen molar-refractivity contribution in [1.82, 2.24) is 41.4 Å². The minimum Gasteiger partial charge on any atom is -0.341 e. The smallest absolute Gasteiger partial charge is 0.126 e. The number of H-pyrrole nitrogens is 1. The van der Waals surface area contributed by atoms with E-state index in [2.05, 4.69) is 91.0 Å². The van der Waals surface area contributed by atoms with E-state index in [0.717, 1.165) is 54.0 Å². The molecule has 2 aliphatic rings. The van der Waals surface area contributed by atoms with Gasteiger partial charge in [0.2, 0.25) is 0 Å². The van der Waals surface area contributed by atoms with Gasteiger partial charge < -0.3 is 15.6 Å². The highest BCUT2D eigenvalue weighted by atomic mass is 15.4. The molecule has 5 aromatic rings. The summed E-state index contributed by atoms with van der Waals surface area (Å²) in [7, 11) is 0. The molecule has 196 valence electrons. The van der Waals surface area contributed by atoms with Crippen molar-refractivity contribution in [3.8, 4) is 11.1 Å². The molecule has 7 rings (SSSR count). The summed E-state index contributed by atoms with van der Waals surface area (Å²) in [6.07, 6.45) is 8.65. The average molecular weight is 517 g/mol. The summed E-state index contributed by atoms with van der Waals surface area (Å²) < 4.78 is 0. The molecule has 2 fully saturated rings. The number of rotatable bonds is 7. The van der Waals surface area contributed by atoms with Gasteiger partial charge in [-0.05, 0) is 41.3 Å². The summed E-state index contributed by atoms with van der Waals surface area (Å²) in [6, 6.07) is 23.8. The Bertz CT molecular complexity index is 1550. The first-order valence-corrected chi connectivity index (χ1v) is 13.6. The van der Waals surface area contributed by atoms with Gasteiger partial charge in [-0.25, -0.2) is 10.4 Å². The van der Waals surface area contributed by atoms with Crippen LogP contribution in [-0.4, -0.2) is 32.5 Å². The van der Waals surface area contributed by atoms with Gasteiger partial charge in [0.15, 0.2) is 0 Å². The molecule has 8 nitrogen and oxygen atoms in total. The van der Waals surface area contributed by atoms with Crippen LogP contribution in [0.5, 0.6) is 0 Å². The Morgan fingerprint density at radius 1 is 0.846 bits per heavy atom. The maximum Gasteiger partial charge on any atom is 0.126 e. The summed E-state index contributed by atoms with van der Waals surface area (Å²) in [4.78, 5) is 17.6. The first-order valence-electron chi connectivity index (χ1n) is 13.6. The molecule has 0 amide bonds. The lowest BCUT2D eigenvalue weighted by atomic mass is 9.82. The monoisotopic (exact) mass is 516 g/mol. The van der Waals surface area contributed by atoms with Gasteiger partial charge in [0.05, 0.1) is 17.1 Å². The van der Waals surface area contributed by atoms with Crippen molar-refractivity contribution >= 4 is 11.0 Å². The minimum absolute atomic E-state index is 0.0948. The van der Waals surface area contributed by atoms with Gasteiger partial charge in [-0.15, -0.1) is 0 Å². The molecule has 8 heteroatoms. The number of imidazole rings is 1. The Morgan fingerprint density at radius 2 is 1.77 bits per heavy atom. The summed E-state index contributed by atoms with van der Waals surface area (Å²) in [6.45, 7) is 2.52. The van der Waals surface area contributed by atoms with Crippen LogP contribution >= 0.6 is 0 Å². The molecule has 0 bridgehead atoms. The number of aromatic nitrogens is 4. The van der Waals surface area contributed by atoms with E-state index >= 15 is 0 Å². The van der Waals surface area contributed by atoms with Crippen LogP contribution in [0, 0.1) is 5.92 Å². The number of para-hydroxylation sites is 1. The van der Waals surface area contributed by atoms with Crippen LogP contribution in [0.25, 0.3) is 22.2 Å². The molecule has 4 unspecified atom stereocenters. The quantitative estimate of drug-likeness (QED) is 0.221. The number of aromatic amines is 1. The Kier molecular flexibility index (Phi) is 6.60. The molecule has 3 aromatic heterocycles. The third-order valence-corrected chi connectivity index (χ3v) is 7.98. The molecule has 2 aromatic carbocycles. The Hall–Kier alpha value is -3.95.